The maximum absolute atomic E-state index is 9.48. The Hall–Kier alpha value is -1.74. The van der Waals surface area contributed by atoms with Gasteiger partial charge in [0.05, 0.1) is 4.88 Å². The van der Waals surface area contributed by atoms with Crippen molar-refractivity contribution in [3.05, 3.63) is 41.3 Å². The summed E-state index contributed by atoms with van der Waals surface area (Å²) in [7, 11) is 0. The number of hydrogen-bond donors (Lipinski definition) is 1. The number of hydrogen-bond acceptors (Lipinski definition) is 3. The zero-order chi connectivity index (χ0) is 13.9. The van der Waals surface area contributed by atoms with Crippen LogP contribution >= 0.6 is 11.3 Å². The highest BCUT2D eigenvalue weighted by atomic mass is 32.1. The fourth-order valence-electron chi connectivity index (χ4n) is 2.34. The minimum absolute atomic E-state index is 0.241. The molecule has 0 aliphatic heterocycles. The summed E-state index contributed by atoms with van der Waals surface area (Å²) in [5, 5.41) is 10.5. The second-order valence-corrected chi connectivity index (χ2v) is 6.22. The Labute approximate surface area is 122 Å². The van der Waals surface area contributed by atoms with E-state index in [1.165, 1.54) is 24.1 Å². The van der Waals surface area contributed by atoms with E-state index in [0.29, 0.717) is 0 Å². The topological polar surface area (TPSA) is 33.4 Å². The number of furan rings is 1. The van der Waals surface area contributed by atoms with Gasteiger partial charge >= 0.3 is 0 Å². The Morgan fingerprint density at radius 1 is 1.10 bits per heavy atom. The highest BCUT2D eigenvalue weighted by Crippen LogP contribution is 2.34. The number of benzene rings is 1. The molecule has 0 amide bonds. The minimum Gasteiger partial charge on any atom is -0.508 e. The molecule has 0 bridgehead atoms. The van der Waals surface area contributed by atoms with Crippen LogP contribution in [0.1, 0.15) is 31.1 Å². The summed E-state index contributed by atoms with van der Waals surface area (Å²) >= 11 is 1.80. The third-order valence-electron chi connectivity index (χ3n) is 3.43. The van der Waals surface area contributed by atoms with Crippen LogP contribution in [0, 0.1) is 0 Å². The van der Waals surface area contributed by atoms with Crippen LogP contribution < -0.4 is 0 Å². The molecule has 0 radical (unpaired) electrons. The molecule has 0 saturated heterocycles. The van der Waals surface area contributed by atoms with Crippen LogP contribution in [0.15, 0.2) is 40.8 Å². The Bertz CT molecular complexity index is 709. The third-order valence-corrected chi connectivity index (χ3v) is 4.59. The van der Waals surface area contributed by atoms with Gasteiger partial charge in [0.25, 0.3) is 0 Å². The molecule has 1 aromatic carbocycles. The molecule has 2 heterocycles. The highest BCUT2D eigenvalue weighted by Gasteiger charge is 2.09. The molecule has 0 spiro atoms. The summed E-state index contributed by atoms with van der Waals surface area (Å²) in [5.74, 6) is 1.13. The lowest BCUT2D eigenvalue weighted by Crippen LogP contribution is -1.78. The number of phenolic OH excluding ortho intramolecular Hbond substituents is 1. The van der Waals surface area contributed by atoms with Crippen molar-refractivity contribution in [2.45, 2.75) is 32.6 Å². The predicted octanol–water partition coefficient (Wildman–Crippen LogP) is 5.60. The van der Waals surface area contributed by atoms with Crippen molar-refractivity contribution < 1.29 is 9.52 Å². The Morgan fingerprint density at radius 2 is 2.00 bits per heavy atom. The number of unbranched alkanes of at least 4 members (excludes halogenated alkanes) is 2. The minimum atomic E-state index is 0.241. The zero-order valence-electron chi connectivity index (χ0n) is 11.6. The van der Waals surface area contributed by atoms with E-state index in [1.54, 1.807) is 23.5 Å². The summed E-state index contributed by atoms with van der Waals surface area (Å²) < 4.78 is 5.82. The molecule has 20 heavy (non-hydrogen) atoms. The van der Waals surface area contributed by atoms with Gasteiger partial charge in [0.1, 0.15) is 17.1 Å². The number of rotatable bonds is 5. The second kappa shape index (κ2) is 5.71. The molecule has 3 aromatic rings. The van der Waals surface area contributed by atoms with Gasteiger partial charge in [-0.05, 0) is 43.2 Å². The molecule has 0 saturated carbocycles. The molecule has 2 nitrogen and oxygen atoms in total. The fourth-order valence-corrected chi connectivity index (χ4v) is 3.34. The fraction of sp³-hybridized carbons (Fsp3) is 0.294. The van der Waals surface area contributed by atoms with Gasteiger partial charge in [0.2, 0.25) is 0 Å². The molecule has 0 fully saturated rings. The first-order chi connectivity index (χ1) is 9.76. The summed E-state index contributed by atoms with van der Waals surface area (Å²) in [6, 6.07) is 11.6. The van der Waals surface area contributed by atoms with Crippen LogP contribution in [0.2, 0.25) is 0 Å². The number of aryl methyl sites for hydroxylation is 1. The molecular formula is C17H18O2S. The summed E-state index contributed by atoms with van der Waals surface area (Å²) in [5.41, 5.74) is 0.737. The molecule has 2 aromatic heterocycles. The normalized spacial score (nSPS) is 11.2. The van der Waals surface area contributed by atoms with E-state index in [1.807, 2.05) is 12.1 Å². The van der Waals surface area contributed by atoms with Crippen molar-refractivity contribution in [3.8, 4) is 16.4 Å². The Kier molecular flexibility index (Phi) is 3.79. The van der Waals surface area contributed by atoms with E-state index in [4.69, 9.17) is 4.42 Å². The predicted molar refractivity (Wildman–Crippen MR) is 84.4 cm³/mol. The van der Waals surface area contributed by atoms with Crippen LogP contribution in [0.4, 0.5) is 0 Å². The van der Waals surface area contributed by atoms with E-state index in [9.17, 15) is 5.11 Å². The van der Waals surface area contributed by atoms with Crippen LogP contribution in [-0.4, -0.2) is 5.11 Å². The van der Waals surface area contributed by atoms with Gasteiger partial charge in [0, 0.05) is 16.3 Å². The first kappa shape index (κ1) is 13.3. The molecule has 1 N–H and O–H groups in total. The molecule has 3 rings (SSSR count). The second-order valence-electron chi connectivity index (χ2n) is 5.06. The van der Waals surface area contributed by atoms with Crippen LogP contribution in [-0.2, 0) is 6.42 Å². The average molecular weight is 286 g/mol. The van der Waals surface area contributed by atoms with Crippen molar-refractivity contribution in [2.24, 2.45) is 0 Å². The van der Waals surface area contributed by atoms with Crippen LogP contribution in [0.25, 0.3) is 21.6 Å². The Morgan fingerprint density at radius 3 is 2.85 bits per heavy atom. The van der Waals surface area contributed by atoms with Crippen LogP contribution in [0.5, 0.6) is 5.75 Å². The highest BCUT2D eigenvalue weighted by molar-refractivity contribution is 7.15. The number of phenols is 1. The van der Waals surface area contributed by atoms with Gasteiger partial charge in [-0.3, -0.25) is 0 Å². The number of fused-ring (bicyclic) bond motifs is 1. The standard InChI is InChI=1S/C17H18O2S/c1-2-3-4-5-14-8-9-17(20-14)16-10-12-6-7-13(18)11-15(12)19-16/h6-11,18H,2-5H2,1H3. The van der Waals surface area contributed by atoms with Crippen molar-refractivity contribution in [2.75, 3.05) is 0 Å². The third kappa shape index (κ3) is 2.73. The average Bonchev–Trinajstić information content (AvgIpc) is 3.04. The van der Waals surface area contributed by atoms with Crippen molar-refractivity contribution in [1.29, 1.82) is 0 Å². The Balaban J connectivity index is 1.83. The molecule has 0 unspecified atom stereocenters. The van der Waals surface area contributed by atoms with Crippen LogP contribution in [0.3, 0.4) is 0 Å². The first-order valence-corrected chi connectivity index (χ1v) is 7.89. The lowest BCUT2D eigenvalue weighted by molar-refractivity contribution is 0.474. The van der Waals surface area contributed by atoms with Gasteiger partial charge in [-0.25, -0.2) is 0 Å². The van der Waals surface area contributed by atoms with E-state index in [2.05, 4.69) is 19.1 Å². The lowest BCUT2D eigenvalue weighted by Gasteiger charge is -1.94. The van der Waals surface area contributed by atoms with Gasteiger partial charge < -0.3 is 9.52 Å². The van der Waals surface area contributed by atoms with E-state index in [-0.39, 0.29) is 5.75 Å². The van der Waals surface area contributed by atoms with Gasteiger partial charge in [-0.15, -0.1) is 11.3 Å². The SMILES string of the molecule is CCCCCc1ccc(-c2cc3ccc(O)cc3o2)s1. The smallest absolute Gasteiger partial charge is 0.145 e. The summed E-state index contributed by atoms with van der Waals surface area (Å²) in [6.45, 7) is 2.23. The molecule has 0 aliphatic rings. The summed E-state index contributed by atoms with van der Waals surface area (Å²) in [4.78, 5) is 2.57. The van der Waals surface area contributed by atoms with E-state index in [0.717, 1.165) is 28.0 Å². The van der Waals surface area contributed by atoms with Crippen molar-refractivity contribution in [1.82, 2.24) is 0 Å². The molecule has 3 heteroatoms. The van der Waals surface area contributed by atoms with Gasteiger partial charge in [-0.2, -0.15) is 0 Å². The van der Waals surface area contributed by atoms with Crippen molar-refractivity contribution in [3.63, 3.8) is 0 Å². The maximum Gasteiger partial charge on any atom is 0.145 e. The van der Waals surface area contributed by atoms with Gasteiger partial charge in [-0.1, -0.05) is 19.8 Å². The van der Waals surface area contributed by atoms with Gasteiger partial charge in [0.15, 0.2) is 0 Å². The lowest BCUT2D eigenvalue weighted by atomic mass is 10.2. The van der Waals surface area contributed by atoms with E-state index >= 15 is 0 Å². The molecule has 104 valence electrons. The molecular weight excluding hydrogens is 268 g/mol. The van der Waals surface area contributed by atoms with Crippen molar-refractivity contribution >= 4 is 22.3 Å². The zero-order valence-corrected chi connectivity index (χ0v) is 12.4. The maximum atomic E-state index is 9.48. The first-order valence-electron chi connectivity index (χ1n) is 7.08. The summed E-state index contributed by atoms with van der Waals surface area (Å²) in [6.07, 6.45) is 4.95. The quantitative estimate of drug-likeness (QED) is 0.619. The number of thiophene rings is 1. The molecule has 0 aliphatic carbocycles. The monoisotopic (exact) mass is 286 g/mol. The number of aromatic hydroxyl groups is 1. The molecule has 0 atom stereocenters. The largest absolute Gasteiger partial charge is 0.508 e. The van der Waals surface area contributed by atoms with E-state index < -0.39 is 0 Å².